The summed E-state index contributed by atoms with van der Waals surface area (Å²) in [6.07, 6.45) is 6.77. The normalized spacial score (nSPS) is 20.1. The van der Waals surface area contributed by atoms with Crippen molar-refractivity contribution in [1.82, 2.24) is 5.32 Å². The minimum atomic E-state index is -0.137. The Kier molecular flexibility index (Phi) is 3.68. The van der Waals surface area contributed by atoms with Gasteiger partial charge in [0.2, 0.25) is 5.91 Å². The predicted octanol–water partition coefficient (Wildman–Crippen LogP) is 3.24. The lowest BCUT2D eigenvalue weighted by Gasteiger charge is -2.24. The zero-order chi connectivity index (χ0) is 14.0. The third-order valence-corrected chi connectivity index (χ3v) is 4.86. The van der Waals surface area contributed by atoms with Crippen LogP contribution >= 0.6 is 0 Å². The minimum absolute atomic E-state index is 0.137. The molecular formula is C17H24N2O. The molecule has 0 aromatic heterocycles. The van der Waals surface area contributed by atoms with E-state index in [0.29, 0.717) is 6.54 Å². The van der Waals surface area contributed by atoms with Crippen LogP contribution in [0.25, 0.3) is 0 Å². The number of hydrogen-bond donors (Lipinski definition) is 2. The molecule has 0 saturated heterocycles. The Balaban J connectivity index is 1.68. The Hall–Kier alpha value is -1.51. The summed E-state index contributed by atoms with van der Waals surface area (Å²) in [7, 11) is 0. The summed E-state index contributed by atoms with van der Waals surface area (Å²) in [5.41, 5.74) is 3.71. The summed E-state index contributed by atoms with van der Waals surface area (Å²) >= 11 is 0. The van der Waals surface area contributed by atoms with E-state index in [0.717, 1.165) is 25.8 Å². The molecule has 0 unspecified atom stereocenters. The van der Waals surface area contributed by atoms with E-state index in [1.165, 1.54) is 36.1 Å². The molecule has 1 aromatic carbocycles. The maximum atomic E-state index is 12.4. The fourth-order valence-corrected chi connectivity index (χ4v) is 3.50. The maximum Gasteiger partial charge on any atom is 0.226 e. The van der Waals surface area contributed by atoms with Crippen LogP contribution in [0.3, 0.4) is 0 Å². The summed E-state index contributed by atoms with van der Waals surface area (Å²) in [5.74, 6) is 0.225. The van der Waals surface area contributed by atoms with Crippen molar-refractivity contribution in [2.24, 2.45) is 5.41 Å². The lowest BCUT2D eigenvalue weighted by Crippen LogP contribution is -2.36. The van der Waals surface area contributed by atoms with Crippen LogP contribution in [0.1, 0.15) is 50.2 Å². The molecule has 1 amide bonds. The van der Waals surface area contributed by atoms with Crippen LogP contribution < -0.4 is 10.6 Å². The van der Waals surface area contributed by atoms with E-state index in [2.05, 4.69) is 35.8 Å². The van der Waals surface area contributed by atoms with Gasteiger partial charge in [0.1, 0.15) is 0 Å². The molecule has 2 N–H and O–H groups in total. The predicted molar refractivity (Wildman–Crippen MR) is 81.7 cm³/mol. The first-order valence-electron chi connectivity index (χ1n) is 7.82. The van der Waals surface area contributed by atoms with Crippen LogP contribution in [0.2, 0.25) is 0 Å². The van der Waals surface area contributed by atoms with Crippen molar-refractivity contribution in [2.75, 3.05) is 11.9 Å². The van der Waals surface area contributed by atoms with Gasteiger partial charge in [0.15, 0.2) is 0 Å². The molecule has 0 atom stereocenters. The number of anilines is 1. The summed E-state index contributed by atoms with van der Waals surface area (Å²) in [6.45, 7) is 3.79. The Bertz CT molecular complexity index is 504. The topological polar surface area (TPSA) is 41.1 Å². The van der Waals surface area contributed by atoms with Crippen LogP contribution in [0.5, 0.6) is 0 Å². The van der Waals surface area contributed by atoms with E-state index >= 15 is 0 Å². The van der Waals surface area contributed by atoms with Gasteiger partial charge in [-0.3, -0.25) is 4.79 Å². The van der Waals surface area contributed by atoms with Gasteiger partial charge >= 0.3 is 0 Å². The van der Waals surface area contributed by atoms with Gasteiger partial charge in [-0.2, -0.15) is 0 Å². The number of rotatable bonds is 3. The molecule has 1 saturated carbocycles. The van der Waals surface area contributed by atoms with Gasteiger partial charge in [-0.1, -0.05) is 38.0 Å². The van der Waals surface area contributed by atoms with Crippen molar-refractivity contribution >= 4 is 11.6 Å². The molecule has 1 fully saturated rings. The first kappa shape index (κ1) is 13.5. The van der Waals surface area contributed by atoms with Crippen LogP contribution in [0.15, 0.2) is 18.2 Å². The quantitative estimate of drug-likeness (QED) is 0.887. The van der Waals surface area contributed by atoms with Crippen LogP contribution in [0.4, 0.5) is 5.69 Å². The van der Waals surface area contributed by atoms with Crippen LogP contribution in [0, 0.1) is 5.41 Å². The third kappa shape index (κ3) is 2.54. The molecule has 2 aliphatic rings. The number of nitrogens with one attached hydrogen (secondary N) is 2. The fraction of sp³-hybridized carbons (Fsp3) is 0.588. The maximum absolute atomic E-state index is 12.4. The van der Waals surface area contributed by atoms with Gasteiger partial charge in [-0.15, -0.1) is 0 Å². The molecule has 0 spiro atoms. The summed E-state index contributed by atoms with van der Waals surface area (Å²) in [4.78, 5) is 12.4. The first-order valence-corrected chi connectivity index (χ1v) is 7.82. The fourth-order valence-electron chi connectivity index (χ4n) is 3.50. The number of aryl methyl sites for hydroxylation is 1. The highest BCUT2D eigenvalue weighted by molar-refractivity contribution is 5.82. The summed E-state index contributed by atoms with van der Waals surface area (Å²) < 4.78 is 0. The molecule has 3 nitrogen and oxygen atoms in total. The van der Waals surface area contributed by atoms with E-state index in [1.54, 1.807) is 0 Å². The minimum Gasteiger partial charge on any atom is -0.385 e. The number of benzene rings is 1. The Morgan fingerprint density at radius 1 is 1.30 bits per heavy atom. The van der Waals surface area contributed by atoms with E-state index in [1.807, 2.05) is 0 Å². The summed E-state index contributed by atoms with van der Waals surface area (Å²) in [6, 6.07) is 6.41. The molecule has 1 aliphatic carbocycles. The van der Waals surface area contributed by atoms with Crippen molar-refractivity contribution in [3.05, 3.63) is 29.3 Å². The molecule has 0 radical (unpaired) electrons. The Morgan fingerprint density at radius 2 is 2.10 bits per heavy atom. The van der Waals surface area contributed by atoms with Crippen molar-refractivity contribution in [3.8, 4) is 0 Å². The highest BCUT2D eigenvalue weighted by atomic mass is 16.2. The Morgan fingerprint density at radius 3 is 2.90 bits per heavy atom. The van der Waals surface area contributed by atoms with Crippen LogP contribution in [-0.4, -0.2) is 12.5 Å². The smallest absolute Gasteiger partial charge is 0.226 e. The van der Waals surface area contributed by atoms with Gasteiger partial charge in [0.05, 0.1) is 0 Å². The highest BCUT2D eigenvalue weighted by Crippen LogP contribution is 2.37. The first-order chi connectivity index (χ1) is 9.69. The molecular weight excluding hydrogens is 248 g/mol. The number of para-hydroxylation sites is 1. The molecule has 20 heavy (non-hydrogen) atoms. The zero-order valence-electron chi connectivity index (χ0n) is 12.3. The van der Waals surface area contributed by atoms with Crippen molar-refractivity contribution in [3.63, 3.8) is 0 Å². The second kappa shape index (κ2) is 5.47. The molecule has 1 aliphatic heterocycles. The number of fused-ring (bicyclic) bond motifs is 1. The second-order valence-electron chi connectivity index (χ2n) is 6.43. The number of carbonyl (C=O) groups is 1. The van der Waals surface area contributed by atoms with Gasteiger partial charge < -0.3 is 10.6 Å². The molecule has 1 heterocycles. The third-order valence-electron chi connectivity index (χ3n) is 4.86. The van der Waals surface area contributed by atoms with Gasteiger partial charge in [-0.05, 0) is 36.8 Å². The average molecular weight is 272 g/mol. The van der Waals surface area contributed by atoms with E-state index < -0.39 is 0 Å². The highest BCUT2D eigenvalue weighted by Gasteiger charge is 2.35. The number of amides is 1. The van der Waals surface area contributed by atoms with Gasteiger partial charge in [-0.25, -0.2) is 0 Å². The lowest BCUT2D eigenvalue weighted by molar-refractivity contribution is -0.130. The monoisotopic (exact) mass is 272 g/mol. The van der Waals surface area contributed by atoms with Crippen molar-refractivity contribution in [2.45, 2.75) is 52.0 Å². The average Bonchev–Trinajstić information content (AvgIpc) is 2.93. The molecule has 3 heteroatoms. The summed E-state index contributed by atoms with van der Waals surface area (Å²) in [5, 5.41) is 6.64. The largest absolute Gasteiger partial charge is 0.385 e. The standard InChI is InChI=1S/C17H24N2O/c1-17(9-2-3-10-17)16(20)19-12-14-7-4-6-13-8-5-11-18-15(13)14/h4,6-7,18H,2-3,5,8-12H2,1H3,(H,19,20). The van der Waals surface area contributed by atoms with Crippen molar-refractivity contribution in [1.29, 1.82) is 0 Å². The Labute approximate surface area is 121 Å². The van der Waals surface area contributed by atoms with E-state index in [-0.39, 0.29) is 11.3 Å². The number of carbonyl (C=O) groups excluding carboxylic acids is 1. The van der Waals surface area contributed by atoms with E-state index in [4.69, 9.17) is 0 Å². The molecule has 0 bridgehead atoms. The molecule has 3 rings (SSSR count). The van der Waals surface area contributed by atoms with Gasteiger partial charge in [0.25, 0.3) is 0 Å². The van der Waals surface area contributed by atoms with Gasteiger partial charge in [0, 0.05) is 24.2 Å². The second-order valence-corrected chi connectivity index (χ2v) is 6.43. The lowest BCUT2D eigenvalue weighted by atomic mass is 9.88. The SMILES string of the molecule is CC1(C(=O)NCc2cccc3c2NCCC3)CCCC1. The number of hydrogen-bond acceptors (Lipinski definition) is 2. The zero-order valence-corrected chi connectivity index (χ0v) is 12.3. The molecule has 1 aromatic rings. The van der Waals surface area contributed by atoms with Crippen molar-refractivity contribution < 1.29 is 4.79 Å². The molecule has 108 valence electrons. The van der Waals surface area contributed by atoms with E-state index in [9.17, 15) is 4.79 Å². The van der Waals surface area contributed by atoms with Crippen LogP contribution in [-0.2, 0) is 17.8 Å².